The molecule has 3 aromatic rings. The Balaban J connectivity index is 1.34. The number of halogens is 1. The van der Waals surface area contributed by atoms with Crippen molar-refractivity contribution in [2.75, 3.05) is 12.4 Å². The van der Waals surface area contributed by atoms with E-state index in [1.165, 1.54) is 17.8 Å². The number of thiazole rings is 1. The summed E-state index contributed by atoms with van der Waals surface area (Å²) in [7, 11) is 0. The third-order valence-electron chi connectivity index (χ3n) is 3.60. The standard InChI is InChI=1S/C19H17FN2O3S2/c20-14-6-2-1-5-13(14)11-21-17(23)12-25-18(24)9-10-26-19-22-15-7-3-4-8-16(15)27-19/h1-8H,9-12H2,(H,21,23). The highest BCUT2D eigenvalue weighted by Crippen LogP contribution is 2.29. The van der Waals surface area contributed by atoms with Gasteiger partial charge in [0.25, 0.3) is 5.91 Å². The number of hydrogen-bond acceptors (Lipinski definition) is 6. The van der Waals surface area contributed by atoms with E-state index in [9.17, 15) is 14.0 Å². The first-order valence-corrected chi connectivity index (χ1v) is 10.1. The van der Waals surface area contributed by atoms with Crippen molar-refractivity contribution < 1.29 is 18.7 Å². The van der Waals surface area contributed by atoms with Gasteiger partial charge >= 0.3 is 5.97 Å². The lowest BCUT2D eigenvalue weighted by molar-refractivity contribution is -0.148. The van der Waals surface area contributed by atoms with Gasteiger partial charge in [-0.25, -0.2) is 9.37 Å². The van der Waals surface area contributed by atoms with Crippen LogP contribution in [0.5, 0.6) is 0 Å². The van der Waals surface area contributed by atoms with Crippen LogP contribution in [-0.2, 0) is 20.9 Å². The maximum absolute atomic E-state index is 13.5. The molecule has 2 aromatic carbocycles. The molecule has 1 N–H and O–H groups in total. The lowest BCUT2D eigenvalue weighted by Gasteiger charge is -2.07. The maximum Gasteiger partial charge on any atom is 0.307 e. The Morgan fingerprint density at radius 1 is 1.15 bits per heavy atom. The van der Waals surface area contributed by atoms with Gasteiger partial charge in [-0.2, -0.15) is 0 Å². The molecule has 0 aliphatic carbocycles. The molecule has 0 fully saturated rings. The Hall–Kier alpha value is -2.45. The molecule has 0 atom stereocenters. The molecule has 1 amide bonds. The zero-order valence-electron chi connectivity index (χ0n) is 14.3. The summed E-state index contributed by atoms with van der Waals surface area (Å²) in [4.78, 5) is 27.9. The predicted molar refractivity (Wildman–Crippen MR) is 104 cm³/mol. The molecule has 5 nitrogen and oxygen atoms in total. The first-order valence-electron chi connectivity index (χ1n) is 8.26. The van der Waals surface area contributed by atoms with Crippen molar-refractivity contribution in [3.63, 3.8) is 0 Å². The number of ether oxygens (including phenoxy) is 1. The van der Waals surface area contributed by atoms with Gasteiger partial charge in [0.2, 0.25) is 0 Å². The molecule has 0 radical (unpaired) electrons. The second-order valence-electron chi connectivity index (χ2n) is 5.57. The predicted octanol–water partition coefficient (Wildman–Crippen LogP) is 3.78. The Bertz CT molecular complexity index is 912. The Morgan fingerprint density at radius 2 is 1.93 bits per heavy atom. The van der Waals surface area contributed by atoms with Crippen LogP contribution < -0.4 is 5.32 Å². The van der Waals surface area contributed by atoms with Gasteiger partial charge in [-0.1, -0.05) is 42.1 Å². The second-order valence-corrected chi connectivity index (χ2v) is 7.95. The molecule has 27 heavy (non-hydrogen) atoms. The number of carbonyl (C=O) groups excluding carboxylic acids is 2. The SMILES string of the molecule is O=C(COC(=O)CCSc1nc2ccccc2s1)NCc1ccccc1F. The van der Waals surface area contributed by atoms with Crippen molar-refractivity contribution in [2.45, 2.75) is 17.3 Å². The van der Waals surface area contributed by atoms with Crippen LogP contribution in [0.15, 0.2) is 52.9 Å². The van der Waals surface area contributed by atoms with Crippen molar-refractivity contribution in [1.29, 1.82) is 0 Å². The number of amides is 1. The van der Waals surface area contributed by atoms with E-state index in [-0.39, 0.29) is 25.4 Å². The van der Waals surface area contributed by atoms with Crippen LogP contribution in [0.25, 0.3) is 10.2 Å². The number of thioether (sulfide) groups is 1. The Labute approximate surface area is 163 Å². The van der Waals surface area contributed by atoms with Gasteiger partial charge in [-0.3, -0.25) is 9.59 Å². The molecule has 0 bridgehead atoms. The zero-order chi connectivity index (χ0) is 19.1. The number of hydrogen-bond donors (Lipinski definition) is 1. The van der Waals surface area contributed by atoms with E-state index in [0.29, 0.717) is 11.3 Å². The summed E-state index contributed by atoms with van der Waals surface area (Å²) < 4.78 is 20.4. The molecule has 0 aliphatic heterocycles. The van der Waals surface area contributed by atoms with Crippen LogP contribution in [0, 0.1) is 5.82 Å². The molecule has 8 heteroatoms. The topological polar surface area (TPSA) is 68.3 Å². The Morgan fingerprint density at radius 3 is 2.74 bits per heavy atom. The van der Waals surface area contributed by atoms with E-state index in [2.05, 4.69) is 10.3 Å². The van der Waals surface area contributed by atoms with Gasteiger partial charge in [0.15, 0.2) is 10.9 Å². The number of nitrogens with one attached hydrogen (secondary N) is 1. The molecule has 1 heterocycles. The van der Waals surface area contributed by atoms with Gasteiger partial charge < -0.3 is 10.1 Å². The van der Waals surface area contributed by atoms with Crippen molar-refractivity contribution in [1.82, 2.24) is 10.3 Å². The van der Waals surface area contributed by atoms with Crippen LogP contribution in [0.1, 0.15) is 12.0 Å². The Kier molecular flexibility index (Phi) is 6.78. The number of carbonyl (C=O) groups is 2. The van der Waals surface area contributed by atoms with Crippen LogP contribution in [0.4, 0.5) is 4.39 Å². The van der Waals surface area contributed by atoms with Gasteiger partial charge in [0.1, 0.15) is 5.82 Å². The minimum atomic E-state index is -0.467. The molecular weight excluding hydrogens is 387 g/mol. The average Bonchev–Trinajstić information content (AvgIpc) is 3.08. The van der Waals surface area contributed by atoms with Crippen molar-refractivity contribution in [3.05, 3.63) is 59.9 Å². The highest BCUT2D eigenvalue weighted by molar-refractivity contribution is 8.01. The fourth-order valence-corrected chi connectivity index (χ4v) is 4.30. The highest BCUT2D eigenvalue weighted by Gasteiger charge is 2.10. The van der Waals surface area contributed by atoms with Crippen molar-refractivity contribution in [2.24, 2.45) is 0 Å². The highest BCUT2D eigenvalue weighted by atomic mass is 32.2. The number of rotatable bonds is 8. The molecule has 140 valence electrons. The van der Waals surface area contributed by atoms with Crippen LogP contribution in [-0.4, -0.2) is 29.2 Å². The number of nitrogens with zero attached hydrogens (tertiary/aromatic N) is 1. The first-order chi connectivity index (χ1) is 13.1. The molecule has 0 aliphatic rings. The third-order valence-corrected chi connectivity index (χ3v) is 5.79. The lowest BCUT2D eigenvalue weighted by Crippen LogP contribution is -2.28. The average molecular weight is 404 g/mol. The summed E-state index contributed by atoms with van der Waals surface area (Å²) in [5.41, 5.74) is 1.32. The summed E-state index contributed by atoms with van der Waals surface area (Å²) in [5, 5.41) is 2.52. The molecule has 0 saturated heterocycles. The van der Waals surface area contributed by atoms with Gasteiger partial charge in [-0.05, 0) is 18.2 Å². The van der Waals surface area contributed by atoms with Gasteiger partial charge in [-0.15, -0.1) is 11.3 Å². The lowest BCUT2D eigenvalue weighted by atomic mass is 10.2. The van der Waals surface area contributed by atoms with E-state index in [4.69, 9.17) is 4.74 Å². The molecule has 1 aromatic heterocycles. The fourth-order valence-electron chi connectivity index (χ4n) is 2.24. The number of benzene rings is 2. The zero-order valence-corrected chi connectivity index (χ0v) is 15.9. The molecule has 3 rings (SSSR count). The smallest absolute Gasteiger partial charge is 0.307 e. The number of aromatic nitrogens is 1. The van der Waals surface area contributed by atoms with E-state index in [1.54, 1.807) is 29.5 Å². The quantitative estimate of drug-likeness (QED) is 0.457. The molecule has 0 saturated carbocycles. The van der Waals surface area contributed by atoms with Gasteiger partial charge in [0.05, 0.1) is 16.6 Å². The monoisotopic (exact) mass is 404 g/mol. The third kappa shape index (κ3) is 5.77. The maximum atomic E-state index is 13.5. The van der Waals surface area contributed by atoms with Crippen molar-refractivity contribution in [3.8, 4) is 0 Å². The van der Waals surface area contributed by atoms with Crippen molar-refractivity contribution >= 4 is 45.2 Å². The molecular formula is C19H17FN2O3S2. The summed E-state index contributed by atoms with van der Waals surface area (Å²) in [6.45, 7) is -0.324. The minimum Gasteiger partial charge on any atom is -0.456 e. The summed E-state index contributed by atoms with van der Waals surface area (Å²) in [5.74, 6) is -0.785. The number of fused-ring (bicyclic) bond motifs is 1. The molecule has 0 spiro atoms. The summed E-state index contributed by atoms with van der Waals surface area (Å²) in [6.07, 6.45) is 0.182. The van der Waals surface area contributed by atoms with E-state index in [1.807, 2.05) is 24.3 Å². The van der Waals surface area contributed by atoms with E-state index < -0.39 is 11.9 Å². The summed E-state index contributed by atoms with van der Waals surface area (Å²) in [6, 6.07) is 14.0. The molecule has 0 unspecified atom stereocenters. The fraction of sp³-hybridized carbons (Fsp3) is 0.211. The van der Waals surface area contributed by atoms with Gasteiger partial charge in [0, 0.05) is 17.9 Å². The van der Waals surface area contributed by atoms with Crippen LogP contribution in [0.3, 0.4) is 0 Å². The second kappa shape index (κ2) is 9.48. The van der Waals surface area contributed by atoms with Crippen LogP contribution in [0.2, 0.25) is 0 Å². The normalized spacial score (nSPS) is 10.7. The largest absolute Gasteiger partial charge is 0.456 e. The van der Waals surface area contributed by atoms with Crippen LogP contribution >= 0.6 is 23.1 Å². The number of para-hydroxylation sites is 1. The first kappa shape index (κ1) is 19.3. The van der Waals surface area contributed by atoms with E-state index in [0.717, 1.165) is 14.6 Å². The van der Waals surface area contributed by atoms with E-state index >= 15 is 0 Å². The number of esters is 1. The summed E-state index contributed by atoms with van der Waals surface area (Å²) >= 11 is 3.06. The minimum absolute atomic E-state index is 0.0521.